The Morgan fingerprint density at radius 3 is 2.63 bits per heavy atom. The van der Waals surface area contributed by atoms with E-state index in [-0.39, 0.29) is 6.04 Å². The van der Waals surface area contributed by atoms with Gasteiger partial charge in [0.05, 0.1) is 5.92 Å². The summed E-state index contributed by atoms with van der Waals surface area (Å²) in [6.45, 7) is 3.77. The molecule has 106 valence electrons. The lowest BCUT2D eigenvalue weighted by Gasteiger charge is -2.17. The number of thiophene rings is 1. The number of rotatable bonds is 4. The average molecular weight is 302 g/mol. The molecular formula is C12H18N2O3S2. The molecule has 0 bridgehead atoms. The Morgan fingerprint density at radius 1 is 1.42 bits per heavy atom. The number of hydrogen-bond donors (Lipinski definition) is 2. The summed E-state index contributed by atoms with van der Waals surface area (Å²) in [5, 5.41) is 0. The van der Waals surface area contributed by atoms with Crippen LogP contribution in [0.4, 0.5) is 0 Å². The minimum Gasteiger partial charge on any atom is -0.369 e. The Bertz CT molecular complexity index is 573. The van der Waals surface area contributed by atoms with E-state index in [9.17, 15) is 13.2 Å². The second-order valence-corrected chi connectivity index (χ2v) is 8.17. The van der Waals surface area contributed by atoms with Gasteiger partial charge in [0.2, 0.25) is 15.9 Å². The maximum atomic E-state index is 12.3. The molecule has 1 aliphatic rings. The van der Waals surface area contributed by atoms with Gasteiger partial charge in [-0.25, -0.2) is 13.1 Å². The van der Waals surface area contributed by atoms with Crippen molar-refractivity contribution in [2.24, 2.45) is 11.7 Å². The first kappa shape index (κ1) is 14.5. The lowest BCUT2D eigenvalue weighted by atomic mass is 10.0. The van der Waals surface area contributed by atoms with Crippen LogP contribution in [-0.4, -0.2) is 20.4 Å². The van der Waals surface area contributed by atoms with Crippen LogP contribution < -0.4 is 10.5 Å². The Hall–Kier alpha value is -0.920. The van der Waals surface area contributed by atoms with Crippen LogP contribution in [0, 0.1) is 19.8 Å². The first-order chi connectivity index (χ1) is 8.81. The van der Waals surface area contributed by atoms with E-state index >= 15 is 0 Å². The zero-order chi connectivity index (χ0) is 14.2. The third-order valence-electron chi connectivity index (χ3n) is 3.60. The van der Waals surface area contributed by atoms with Gasteiger partial charge in [0, 0.05) is 10.9 Å². The van der Waals surface area contributed by atoms with Gasteiger partial charge in [0.1, 0.15) is 4.21 Å². The molecule has 0 saturated heterocycles. The van der Waals surface area contributed by atoms with Gasteiger partial charge in [-0.1, -0.05) is 6.42 Å². The Kier molecular flexibility index (Phi) is 3.98. The molecular weight excluding hydrogens is 284 g/mol. The standard InChI is InChI=1S/C12H18N2O3S2/c1-7-6-11(18-8(7)2)19(16,17)14-10-5-3-4-9(10)12(13)15/h6,9-10,14H,3-5H2,1-2H3,(H2,13,15)/t9-,10+/m0/s1. The molecule has 1 saturated carbocycles. The second kappa shape index (κ2) is 5.22. The third-order valence-corrected chi connectivity index (χ3v) is 6.71. The molecule has 0 aliphatic heterocycles. The molecule has 5 nitrogen and oxygen atoms in total. The number of hydrogen-bond acceptors (Lipinski definition) is 4. The summed E-state index contributed by atoms with van der Waals surface area (Å²) in [5.41, 5.74) is 6.26. The van der Waals surface area contributed by atoms with E-state index in [4.69, 9.17) is 5.73 Å². The zero-order valence-electron chi connectivity index (χ0n) is 11.0. The molecule has 0 spiro atoms. The molecule has 1 heterocycles. The summed E-state index contributed by atoms with van der Waals surface area (Å²) in [4.78, 5) is 12.3. The first-order valence-corrected chi connectivity index (χ1v) is 8.50. The minimum absolute atomic E-state index is 0.303. The summed E-state index contributed by atoms with van der Waals surface area (Å²) < 4.78 is 27.5. The Balaban J connectivity index is 2.20. The van der Waals surface area contributed by atoms with E-state index in [1.807, 2.05) is 13.8 Å². The van der Waals surface area contributed by atoms with Crippen LogP contribution in [0.15, 0.2) is 10.3 Å². The van der Waals surface area contributed by atoms with Crippen molar-refractivity contribution in [3.8, 4) is 0 Å². The molecule has 3 N–H and O–H groups in total. The number of aryl methyl sites for hydroxylation is 2. The molecule has 19 heavy (non-hydrogen) atoms. The maximum absolute atomic E-state index is 12.3. The highest BCUT2D eigenvalue weighted by molar-refractivity contribution is 7.91. The van der Waals surface area contributed by atoms with Crippen molar-refractivity contribution in [1.82, 2.24) is 4.72 Å². The SMILES string of the molecule is Cc1cc(S(=O)(=O)N[C@@H]2CCC[C@@H]2C(N)=O)sc1C. The van der Waals surface area contributed by atoms with Crippen molar-refractivity contribution in [2.75, 3.05) is 0 Å². The monoisotopic (exact) mass is 302 g/mol. The van der Waals surface area contributed by atoms with Crippen LogP contribution in [0.5, 0.6) is 0 Å². The van der Waals surface area contributed by atoms with Crippen LogP contribution in [-0.2, 0) is 14.8 Å². The molecule has 1 aliphatic carbocycles. The normalized spacial score (nSPS) is 23.7. The summed E-state index contributed by atoms with van der Waals surface area (Å²) in [6.07, 6.45) is 2.14. The molecule has 2 atom stereocenters. The summed E-state index contributed by atoms with van der Waals surface area (Å²) in [7, 11) is -3.55. The number of nitrogens with one attached hydrogen (secondary N) is 1. The fourth-order valence-corrected chi connectivity index (χ4v) is 5.22. The highest BCUT2D eigenvalue weighted by Gasteiger charge is 2.35. The fraction of sp³-hybridized carbons (Fsp3) is 0.583. The number of carbonyl (C=O) groups excluding carboxylic acids is 1. The van der Waals surface area contributed by atoms with Crippen LogP contribution in [0.25, 0.3) is 0 Å². The molecule has 0 aromatic carbocycles. The highest BCUT2D eigenvalue weighted by Crippen LogP contribution is 2.29. The van der Waals surface area contributed by atoms with E-state index < -0.39 is 21.8 Å². The van der Waals surface area contributed by atoms with E-state index in [0.717, 1.165) is 16.9 Å². The number of carbonyl (C=O) groups is 1. The quantitative estimate of drug-likeness (QED) is 0.878. The average Bonchev–Trinajstić information content (AvgIpc) is 2.87. The molecule has 1 amide bonds. The van der Waals surface area contributed by atoms with Gasteiger partial charge >= 0.3 is 0 Å². The predicted molar refractivity (Wildman–Crippen MR) is 74.4 cm³/mol. The van der Waals surface area contributed by atoms with Crippen LogP contribution in [0.3, 0.4) is 0 Å². The molecule has 2 rings (SSSR count). The van der Waals surface area contributed by atoms with Crippen molar-refractivity contribution in [3.05, 3.63) is 16.5 Å². The van der Waals surface area contributed by atoms with Crippen LogP contribution in [0.2, 0.25) is 0 Å². The summed E-state index contributed by atoms with van der Waals surface area (Å²) in [6, 6.07) is 1.29. The topological polar surface area (TPSA) is 89.3 Å². The predicted octanol–water partition coefficient (Wildman–Crippen LogP) is 1.30. The van der Waals surface area contributed by atoms with E-state index in [2.05, 4.69) is 4.72 Å². The zero-order valence-corrected chi connectivity index (χ0v) is 12.6. The van der Waals surface area contributed by atoms with Crippen LogP contribution >= 0.6 is 11.3 Å². The number of amides is 1. The smallest absolute Gasteiger partial charge is 0.250 e. The number of primary amides is 1. The lowest BCUT2D eigenvalue weighted by molar-refractivity contribution is -0.122. The highest BCUT2D eigenvalue weighted by atomic mass is 32.2. The van der Waals surface area contributed by atoms with E-state index in [1.165, 1.54) is 11.3 Å². The van der Waals surface area contributed by atoms with Crippen molar-refractivity contribution < 1.29 is 13.2 Å². The largest absolute Gasteiger partial charge is 0.369 e. The Morgan fingerprint density at radius 2 is 2.11 bits per heavy atom. The van der Waals surface area contributed by atoms with Gasteiger partial charge in [0.15, 0.2) is 0 Å². The van der Waals surface area contributed by atoms with Crippen molar-refractivity contribution in [2.45, 2.75) is 43.4 Å². The molecule has 1 aromatic rings. The summed E-state index contributed by atoms with van der Waals surface area (Å²) >= 11 is 1.25. The van der Waals surface area contributed by atoms with E-state index in [1.54, 1.807) is 6.07 Å². The summed E-state index contributed by atoms with van der Waals surface area (Å²) in [5.74, 6) is -0.819. The second-order valence-electron chi connectivity index (χ2n) is 4.97. The van der Waals surface area contributed by atoms with Crippen molar-refractivity contribution >= 4 is 27.3 Å². The minimum atomic E-state index is -3.55. The molecule has 0 radical (unpaired) electrons. The molecule has 1 aromatic heterocycles. The van der Waals surface area contributed by atoms with Gasteiger partial charge in [-0.05, 0) is 38.3 Å². The maximum Gasteiger partial charge on any atom is 0.250 e. The van der Waals surface area contributed by atoms with Gasteiger partial charge < -0.3 is 5.73 Å². The van der Waals surface area contributed by atoms with Gasteiger partial charge in [0.25, 0.3) is 0 Å². The van der Waals surface area contributed by atoms with Crippen molar-refractivity contribution in [1.29, 1.82) is 0 Å². The van der Waals surface area contributed by atoms with E-state index in [0.29, 0.717) is 17.1 Å². The third kappa shape index (κ3) is 2.98. The number of nitrogens with two attached hydrogens (primary N) is 1. The van der Waals surface area contributed by atoms with Gasteiger partial charge in [-0.15, -0.1) is 11.3 Å². The molecule has 7 heteroatoms. The number of sulfonamides is 1. The van der Waals surface area contributed by atoms with Gasteiger partial charge in [-0.2, -0.15) is 0 Å². The van der Waals surface area contributed by atoms with Crippen molar-refractivity contribution in [3.63, 3.8) is 0 Å². The fourth-order valence-electron chi connectivity index (χ4n) is 2.37. The molecule has 0 unspecified atom stereocenters. The van der Waals surface area contributed by atoms with Gasteiger partial charge in [-0.3, -0.25) is 4.79 Å². The Labute approximate surface area is 117 Å². The molecule has 1 fully saturated rings. The lowest BCUT2D eigenvalue weighted by Crippen LogP contribution is -2.42. The first-order valence-electron chi connectivity index (χ1n) is 6.20. The van der Waals surface area contributed by atoms with Crippen LogP contribution in [0.1, 0.15) is 29.7 Å².